The second-order valence-electron chi connectivity index (χ2n) is 7.10. The van der Waals surface area contributed by atoms with Crippen LogP contribution in [0.1, 0.15) is 42.2 Å². The molecule has 0 saturated heterocycles. The SMILES string of the molecule is N#CCN(C(=O)COC(=O)c1ccc2c(c1Cl)C(=O)c1ccccc1C2=O)c1ccccc1. The molecule has 162 valence electrons. The van der Waals surface area contributed by atoms with Crippen LogP contribution >= 0.6 is 11.6 Å². The van der Waals surface area contributed by atoms with Crippen molar-refractivity contribution in [3.05, 3.63) is 99.6 Å². The Hall–Kier alpha value is -4.28. The number of nitrogens with zero attached hydrogens (tertiary/aromatic N) is 2. The minimum Gasteiger partial charge on any atom is -0.452 e. The second kappa shape index (κ2) is 9.07. The van der Waals surface area contributed by atoms with Gasteiger partial charge in [0, 0.05) is 22.4 Å². The summed E-state index contributed by atoms with van der Waals surface area (Å²) in [4.78, 5) is 52.2. The number of carbonyl (C=O) groups excluding carboxylic acids is 4. The van der Waals surface area contributed by atoms with Crippen molar-refractivity contribution >= 4 is 40.7 Å². The molecular weight excluding hydrogens is 444 g/mol. The third-order valence-electron chi connectivity index (χ3n) is 5.17. The highest BCUT2D eigenvalue weighted by Gasteiger charge is 2.33. The summed E-state index contributed by atoms with van der Waals surface area (Å²) in [6.45, 7) is -0.867. The van der Waals surface area contributed by atoms with Gasteiger partial charge in [0.2, 0.25) is 0 Å². The Labute approximate surface area is 193 Å². The van der Waals surface area contributed by atoms with Gasteiger partial charge in [-0.15, -0.1) is 0 Å². The summed E-state index contributed by atoms with van der Waals surface area (Å²) < 4.78 is 5.12. The lowest BCUT2D eigenvalue weighted by atomic mass is 9.83. The fourth-order valence-electron chi connectivity index (χ4n) is 3.59. The highest BCUT2D eigenvalue weighted by Crippen LogP contribution is 2.34. The van der Waals surface area contributed by atoms with E-state index in [-0.39, 0.29) is 45.2 Å². The first-order chi connectivity index (χ1) is 15.9. The molecule has 4 rings (SSSR count). The van der Waals surface area contributed by atoms with E-state index in [1.165, 1.54) is 23.1 Å². The van der Waals surface area contributed by atoms with Crippen molar-refractivity contribution in [2.24, 2.45) is 0 Å². The van der Waals surface area contributed by atoms with Gasteiger partial charge in [0.15, 0.2) is 18.2 Å². The van der Waals surface area contributed by atoms with Gasteiger partial charge in [-0.25, -0.2) is 4.79 Å². The van der Waals surface area contributed by atoms with Gasteiger partial charge >= 0.3 is 5.97 Å². The van der Waals surface area contributed by atoms with Crippen molar-refractivity contribution in [2.45, 2.75) is 0 Å². The number of ether oxygens (including phenoxy) is 1. The van der Waals surface area contributed by atoms with Crippen LogP contribution in [0.2, 0.25) is 5.02 Å². The number of carbonyl (C=O) groups is 4. The third-order valence-corrected chi connectivity index (χ3v) is 5.57. The Balaban J connectivity index is 1.56. The van der Waals surface area contributed by atoms with Gasteiger partial charge in [-0.1, -0.05) is 54.1 Å². The van der Waals surface area contributed by atoms with Crippen molar-refractivity contribution in [2.75, 3.05) is 18.1 Å². The molecule has 1 aliphatic rings. The average Bonchev–Trinajstić information content (AvgIpc) is 2.84. The lowest BCUT2D eigenvalue weighted by molar-refractivity contribution is -0.121. The Kier molecular flexibility index (Phi) is 6.03. The number of ketones is 2. The Morgan fingerprint density at radius 3 is 2.18 bits per heavy atom. The van der Waals surface area contributed by atoms with Crippen molar-refractivity contribution in [3.8, 4) is 6.07 Å². The summed E-state index contributed by atoms with van der Waals surface area (Å²) in [6, 6.07) is 19.4. The topological polar surface area (TPSA) is 105 Å². The third kappa shape index (κ3) is 4.00. The number of anilines is 1. The fourth-order valence-corrected chi connectivity index (χ4v) is 3.92. The first-order valence-electron chi connectivity index (χ1n) is 9.84. The summed E-state index contributed by atoms with van der Waals surface area (Å²) in [5.74, 6) is -2.38. The maximum absolute atomic E-state index is 13.0. The lowest BCUT2D eigenvalue weighted by Gasteiger charge is -2.20. The summed E-state index contributed by atoms with van der Waals surface area (Å²) in [5, 5.41) is 8.83. The quantitative estimate of drug-likeness (QED) is 0.332. The number of hydrogen-bond donors (Lipinski definition) is 0. The molecule has 0 radical (unpaired) electrons. The summed E-state index contributed by atoms with van der Waals surface area (Å²) in [7, 11) is 0. The number of halogens is 1. The van der Waals surface area contributed by atoms with E-state index in [9.17, 15) is 19.2 Å². The number of benzene rings is 3. The molecule has 0 saturated carbocycles. The van der Waals surface area contributed by atoms with Gasteiger partial charge in [0.05, 0.1) is 22.2 Å². The molecule has 1 amide bonds. The van der Waals surface area contributed by atoms with E-state index in [0.717, 1.165) is 0 Å². The average molecular weight is 459 g/mol. The number of rotatable bonds is 5. The molecule has 0 heterocycles. The van der Waals surface area contributed by atoms with Crippen LogP contribution in [-0.2, 0) is 9.53 Å². The molecule has 7 nitrogen and oxygen atoms in total. The maximum Gasteiger partial charge on any atom is 0.340 e. The normalized spacial score (nSPS) is 11.8. The van der Waals surface area contributed by atoms with Crippen LogP contribution in [0.3, 0.4) is 0 Å². The van der Waals surface area contributed by atoms with E-state index in [0.29, 0.717) is 5.69 Å². The monoisotopic (exact) mass is 458 g/mol. The van der Waals surface area contributed by atoms with Crippen molar-refractivity contribution < 1.29 is 23.9 Å². The number of nitriles is 1. The van der Waals surface area contributed by atoms with Crippen LogP contribution in [0.5, 0.6) is 0 Å². The van der Waals surface area contributed by atoms with Crippen LogP contribution in [0.15, 0.2) is 66.7 Å². The van der Waals surface area contributed by atoms with E-state index in [1.54, 1.807) is 48.5 Å². The number of para-hydroxylation sites is 1. The predicted octanol–water partition coefficient (Wildman–Crippen LogP) is 3.83. The smallest absolute Gasteiger partial charge is 0.340 e. The number of hydrogen-bond acceptors (Lipinski definition) is 6. The van der Waals surface area contributed by atoms with Gasteiger partial charge < -0.3 is 4.74 Å². The molecule has 0 bridgehead atoms. The standard InChI is InChI=1S/C25H15ClN2O5/c26-22-19(11-10-18-21(22)24(31)17-9-5-4-8-16(17)23(18)30)25(32)33-14-20(29)28(13-12-27)15-6-2-1-3-7-15/h1-11H,13-14H2. The zero-order valence-electron chi connectivity index (χ0n) is 17.1. The molecule has 8 heteroatoms. The van der Waals surface area contributed by atoms with E-state index < -0.39 is 24.3 Å². The van der Waals surface area contributed by atoms with Gasteiger partial charge in [-0.2, -0.15) is 5.26 Å². The van der Waals surface area contributed by atoms with Crippen LogP contribution < -0.4 is 4.90 Å². The van der Waals surface area contributed by atoms with Gasteiger partial charge in [0.1, 0.15) is 6.54 Å². The predicted molar refractivity (Wildman–Crippen MR) is 119 cm³/mol. The first kappa shape index (κ1) is 21.9. The van der Waals surface area contributed by atoms with Crippen LogP contribution in [0.4, 0.5) is 5.69 Å². The maximum atomic E-state index is 13.0. The molecule has 0 aliphatic heterocycles. The van der Waals surface area contributed by atoms with Gasteiger partial charge in [-0.3, -0.25) is 19.3 Å². The second-order valence-corrected chi connectivity index (χ2v) is 7.48. The Morgan fingerprint density at radius 2 is 1.52 bits per heavy atom. The van der Waals surface area contributed by atoms with Gasteiger partial charge in [0.25, 0.3) is 5.91 Å². The highest BCUT2D eigenvalue weighted by atomic mass is 35.5. The molecule has 3 aromatic carbocycles. The number of esters is 1. The number of fused-ring (bicyclic) bond motifs is 2. The van der Waals surface area contributed by atoms with Crippen molar-refractivity contribution in [1.82, 2.24) is 0 Å². The van der Waals surface area contributed by atoms with E-state index in [2.05, 4.69) is 0 Å². The fraction of sp³-hybridized carbons (Fsp3) is 0.0800. The first-order valence-corrected chi connectivity index (χ1v) is 10.2. The summed E-state index contributed by atoms with van der Waals surface area (Å²) in [6.07, 6.45) is 0. The minimum absolute atomic E-state index is 0.0727. The molecule has 0 unspecified atom stereocenters. The largest absolute Gasteiger partial charge is 0.452 e. The molecular formula is C25H15ClN2O5. The Morgan fingerprint density at radius 1 is 0.879 bits per heavy atom. The molecule has 1 aliphatic carbocycles. The molecule has 0 atom stereocenters. The van der Waals surface area contributed by atoms with E-state index in [1.807, 2.05) is 6.07 Å². The van der Waals surface area contributed by atoms with Crippen LogP contribution in [0.25, 0.3) is 0 Å². The summed E-state index contributed by atoms with van der Waals surface area (Å²) in [5.41, 5.74) is 0.834. The minimum atomic E-state index is -0.930. The molecule has 33 heavy (non-hydrogen) atoms. The van der Waals surface area contributed by atoms with Crippen LogP contribution in [-0.4, -0.2) is 36.6 Å². The van der Waals surface area contributed by atoms with E-state index >= 15 is 0 Å². The van der Waals surface area contributed by atoms with Crippen LogP contribution in [0, 0.1) is 11.3 Å². The van der Waals surface area contributed by atoms with Gasteiger partial charge in [-0.05, 0) is 24.3 Å². The molecule has 3 aromatic rings. The zero-order valence-corrected chi connectivity index (χ0v) is 17.8. The Bertz CT molecular complexity index is 1340. The molecule has 0 fully saturated rings. The zero-order chi connectivity index (χ0) is 23.5. The molecule has 0 N–H and O–H groups in total. The molecule has 0 spiro atoms. The molecule has 0 aromatic heterocycles. The lowest BCUT2D eigenvalue weighted by Crippen LogP contribution is -2.35. The van der Waals surface area contributed by atoms with Crippen molar-refractivity contribution in [3.63, 3.8) is 0 Å². The summed E-state index contributed by atoms with van der Waals surface area (Å²) >= 11 is 6.36. The van der Waals surface area contributed by atoms with Crippen molar-refractivity contribution in [1.29, 1.82) is 5.26 Å². The highest BCUT2D eigenvalue weighted by molar-refractivity contribution is 6.41. The number of amides is 1. The van der Waals surface area contributed by atoms with E-state index in [4.69, 9.17) is 21.6 Å².